The SMILES string of the molecule is Nc1cnc(-n2cnnn2)c(C(F)(F)F)c1. The number of tetrazole rings is 1. The fraction of sp³-hybridized carbons (Fsp3) is 0.143. The molecule has 0 bridgehead atoms. The van der Waals surface area contributed by atoms with Crippen molar-refractivity contribution < 1.29 is 13.2 Å². The molecule has 0 saturated carbocycles. The van der Waals surface area contributed by atoms with E-state index in [0.29, 0.717) is 0 Å². The Morgan fingerprint density at radius 3 is 2.62 bits per heavy atom. The highest BCUT2D eigenvalue weighted by Gasteiger charge is 2.35. The Hall–Kier alpha value is -2.19. The van der Waals surface area contributed by atoms with E-state index in [1.54, 1.807) is 0 Å². The Labute approximate surface area is 86.9 Å². The highest BCUT2D eigenvalue weighted by molar-refractivity contribution is 5.46. The summed E-state index contributed by atoms with van der Waals surface area (Å²) in [5.41, 5.74) is 4.19. The Morgan fingerprint density at radius 1 is 1.31 bits per heavy atom. The monoisotopic (exact) mass is 230 g/mol. The molecule has 0 aliphatic heterocycles. The molecule has 0 saturated heterocycles. The number of nitrogens with two attached hydrogens (primary N) is 1. The molecule has 2 aromatic heterocycles. The van der Waals surface area contributed by atoms with E-state index in [4.69, 9.17) is 5.73 Å². The van der Waals surface area contributed by atoms with Gasteiger partial charge < -0.3 is 5.73 Å². The number of nitrogens with zero attached hydrogens (tertiary/aromatic N) is 5. The molecule has 2 aromatic rings. The van der Waals surface area contributed by atoms with Gasteiger partial charge in [0.25, 0.3) is 0 Å². The molecule has 0 unspecified atom stereocenters. The van der Waals surface area contributed by atoms with Crippen molar-refractivity contribution in [3.8, 4) is 5.82 Å². The number of anilines is 1. The summed E-state index contributed by atoms with van der Waals surface area (Å²) in [6.07, 6.45) is -2.44. The second kappa shape index (κ2) is 3.43. The zero-order chi connectivity index (χ0) is 11.8. The minimum atomic E-state index is -4.57. The maximum Gasteiger partial charge on any atom is 0.420 e. The molecule has 0 fully saturated rings. The molecule has 0 spiro atoms. The van der Waals surface area contributed by atoms with E-state index < -0.39 is 17.6 Å². The molecule has 0 aromatic carbocycles. The van der Waals surface area contributed by atoms with Gasteiger partial charge >= 0.3 is 6.18 Å². The lowest BCUT2D eigenvalue weighted by Gasteiger charge is -2.11. The molecule has 0 aliphatic carbocycles. The van der Waals surface area contributed by atoms with Crippen molar-refractivity contribution in [3.05, 3.63) is 24.2 Å². The molecular weight excluding hydrogens is 225 g/mol. The first-order valence-electron chi connectivity index (χ1n) is 4.04. The third kappa shape index (κ3) is 1.78. The average Bonchev–Trinajstić information content (AvgIpc) is 2.69. The summed E-state index contributed by atoms with van der Waals surface area (Å²) in [4.78, 5) is 3.56. The van der Waals surface area contributed by atoms with Crippen molar-refractivity contribution in [2.75, 3.05) is 5.73 Å². The third-order valence-electron chi connectivity index (χ3n) is 1.76. The Kier molecular flexibility index (Phi) is 2.22. The molecule has 6 nitrogen and oxygen atoms in total. The molecule has 2 rings (SSSR count). The molecule has 0 amide bonds. The van der Waals surface area contributed by atoms with Crippen molar-refractivity contribution in [1.82, 2.24) is 25.2 Å². The molecule has 16 heavy (non-hydrogen) atoms. The maximum absolute atomic E-state index is 12.6. The number of pyridine rings is 1. The molecule has 0 atom stereocenters. The normalized spacial score (nSPS) is 11.7. The summed E-state index contributed by atoms with van der Waals surface area (Å²) in [5.74, 6) is -0.410. The fourth-order valence-electron chi connectivity index (χ4n) is 1.12. The van der Waals surface area contributed by atoms with Crippen LogP contribution in [0.1, 0.15) is 5.56 Å². The van der Waals surface area contributed by atoms with Gasteiger partial charge in [-0.2, -0.15) is 17.9 Å². The number of hydrogen-bond donors (Lipinski definition) is 1. The average molecular weight is 230 g/mol. The summed E-state index contributed by atoms with van der Waals surface area (Å²) in [6, 6.07) is 0.782. The fourth-order valence-corrected chi connectivity index (χ4v) is 1.12. The van der Waals surface area contributed by atoms with Crippen molar-refractivity contribution in [2.45, 2.75) is 6.18 Å². The van der Waals surface area contributed by atoms with Crippen LogP contribution in [0, 0.1) is 0 Å². The van der Waals surface area contributed by atoms with Gasteiger partial charge in [-0.15, -0.1) is 5.10 Å². The van der Waals surface area contributed by atoms with E-state index in [-0.39, 0.29) is 5.69 Å². The summed E-state index contributed by atoms with van der Waals surface area (Å²) in [7, 11) is 0. The van der Waals surface area contributed by atoms with Gasteiger partial charge in [0, 0.05) is 0 Å². The third-order valence-corrected chi connectivity index (χ3v) is 1.76. The van der Waals surface area contributed by atoms with Crippen molar-refractivity contribution in [1.29, 1.82) is 0 Å². The first-order valence-corrected chi connectivity index (χ1v) is 4.04. The first kappa shape index (κ1) is 10.3. The van der Waals surface area contributed by atoms with Gasteiger partial charge in [-0.3, -0.25) is 0 Å². The van der Waals surface area contributed by atoms with Crippen LogP contribution in [0.4, 0.5) is 18.9 Å². The zero-order valence-corrected chi connectivity index (χ0v) is 7.68. The molecule has 0 radical (unpaired) electrons. The van der Waals surface area contributed by atoms with E-state index >= 15 is 0 Å². The van der Waals surface area contributed by atoms with Gasteiger partial charge in [0.05, 0.1) is 11.9 Å². The van der Waals surface area contributed by atoms with Gasteiger partial charge in [0.15, 0.2) is 5.82 Å². The molecule has 0 aliphatic rings. The van der Waals surface area contributed by atoms with Crippen molar-refractivity contribution in [3.63, 3.8) is 0 Å². The Balaban J connectivity index is 2.62. The highest BCUT2D eigenvalue weighted by atomic mass is 19.4. The second-order valence-corrected chi connectivity index (χ2v) is 2.89. The Morgan fingerprint density at radius 2 is 2.06 bits per heavy atom. The van der Waals surface area contributed by atoms with Crippen LogP contribution in [0.5, 0.6) is 0 Å². The van der Waals surface area contributed by atoms with Crippen LogP contribution in [-0.2, 0) is 6.18 Å². The van der Waals surface area contributed by atoms with E-state index in [9.17, 15) is 13.2 Å². The van der Waals surface area contributed by atoms with Crippen LogP contribution in [0.2, 0.25) is 0 Å². The van der Waals surface area contributed by atoms with Crippen LogP contribution in [0.3, 0.4) is 0 Å². The topological polar surface area (TPSA) is 82.5 Å². The van der Waals surface area contributed by atoms with Gasteiger partial charge in [-0.05, 0) is 16.5 Å². The standard InChI is InChI=1S/C7H5F3N6/c8-7(9,10)5-1-4(11)2-12-6(5)16-3-13-14-15-16/h1-3H,11H2. The van der Waals surface area contributed by atoms with Gasteiger partial charge in [-0.1, -0.05) is 0 Å². The van der Waals surface area contributed by atoms with Crippen molar-refractivity contribution in [2.24, 2.45) is 0 Å². The van der Waals surface area contributed by atoms with Gasteiger partial charge in [-0.25, -0.2) is 4.98 Å². The summed E-state index contributed by atoms with van der Waals surface area (Å²) >= 11 is 0. The van der Waals surface area contributed by atoms with Crippen molar-refractivity contribution >= 4 is 5.69 Å². The van der Waals surface area contributed by atoms with Gasteiger partial charge in [0.2, 0.25) is 0 Å². The Bertz CT molecular complexity index is 491. The summed E-state index contributed by atoms with van der Waals surface area (Å²) in [6.45, 7) is 0. The first-order chi connectivity index (χ1) is 7.48. The molecule has 84 valence electrons. The van der Waals surface area contributed by atoms with Crippen LogP contribution < -0.4 is 5.73 Å². The quantitative estimate of drug-likeness (QED) is 0.778. The van der Waals surface area contributed by atoms with Crippen LogP contribution in [0.25, 0.3) is 5.82 Å². The zero-order valence-electron chi connectivity index (χ0n) is 7.68. The number of rotatable bonds is 1. The predicted octanol–water partition coefficient (Wildman–Crippen LogP) is 0.658. The summed E-state index contributed by atoms with van der Waals surface area (Å²) in [5, 5.41) is 9.82. The molecular formula is C7H5F3N6. The maximum atomic E-state index is 12.6. The van der Waals surface area contributed by atoms with Crippen LogP contribution in [-0.4, -0.2) is 25.2 Å². The number of alkyl halides is 3. The molecule has 2 heterocycles. The van der Waals surface area contributed by atoms with Crippen LogP contribution in [0.15, 0.2) is 18.6 Å². The van der Waals surface area contributed by atoms with E-state index in [1.807, 2.05) is 0 Å². The van der Waals surface area contributed by atoms with E-state index in [2.05, 4.69) is 20.5 Å². The molecule has 2 N–H and O–H groups in total. The van der Waals surface area contributed by atoms with E-state index in [0.717, 1.165) is 23.3 Å². The van der Waals surface area contributed by atoms with Gasteiger partial charge in [0.1, 0.15) is 11.9 Å². The number of nitrogen functional groups attached to an aromatic ring is 1. The molecule has 9 heteroatoms. The lowest BCUT2D eigenvalue weighted by Crippen LogP contribution is -2.13. The summed E-state index contributed by atoms with van der Waals surface area (Å²) < 4.78 is 38.8. The second-order valence-electron chi connectivity index (χ2n) is 2.89. The lowest BCUT2D eigenvalue weighted by molar-refractivity contribution is -0.137. The minimum absolute atomic E-state index is 0.0795. The van der Waals surface area contributed by atoms with Crippen LogP contribution >= 0.6 is 0 Å². The largest absolute Gasteiger partial charge is 0.420 e. The number of hydrogen-bond acceptors (Lipinski definition) is 5. The minimum Gasteiger partial charge on any atom is -0.397 e. The smallest absolute Gasteiger partial charge is 0.397 e. The highest BCUT2D eigenvalue weighted by Crippen LogP contribution is 2.33. The number of aromatic nitrogens is 5. The lowest BCUT2D eigenvalue weighted by atomic mass is 10.2. The van der Waals surface area contributed by atoms with E-state index in [1.165, 1.54) is 0 Å². The predicted molar refractivity (Wildman–Crippen MR) is 46.4 cm³/mol. The number of halogens is 3.